The number of methoxy groups -OCH3 is 1. The zero-order valence-corrected chi connectivity index (χ0v) is 24.4. The fourth-order valence-electron chi connectivity index (χ4n) is 4.59. The van der Waals surface area contributed by atoms with Gasteiger partial charge in [0.15, 0.2) is 16.6 Å². The number of rotatable bonds is 12. The van der Waals surface area contributed by atoms with E-state index < -0.39 is 12.0 Å². The molecule has 1 aliphatic heterocycles. The van der Waals surface area contributed by atoms with Crippen LogP contribution in [-0.4, -0.2) is 102 Å². The Kier molecular flexibility index (Phi) is 9.46. The molecule has 0 unspecified atom stereocenters. The van der Waals surface area contributed by atoms with Gasteiger partial charge in [0, 0.05) is 56.4 Å². The second kappa shape index (κ2) is 13.6. The highest BCUT2D eigenvalue weighted by Crippen LogP contribution is 2.35. The highest BCUT2D eigenvalue weighted by atomic mass is 32.1. The Morgan fingerprint density at radius 3 is 2.69 bits per heavy atom. The number of fused-ring (bicyclic) bond motifs is 2. The second-order valence-electron chi connectivity index (χ2n) is 9.94. The van der Waals surface area contributed by atoms with E-state index in [-0.39, 0.29) is 13.0 Å². The molecule has 2 amide bonds. The third kappa shape index (κ3) is 7.51. The average Bonchev–Trinajstić information content (AvgIpc) is 3.37. The fourth-order valence-corrected chi connectivity index (χ4v) is 5.49. The number of anilines is 3. The first-order valence-corrected chi connectivity index (χ1v) is 14.5. The zero-order chi connectivity index (χ0) is 29.5. The van der Waals surface area contributed by atoms with E-state index in [0.29, 0.717) is 29.1 Å². The van der Waals surface area contributed by atoms with Crippen molar-refractivity contribution < 1.29 is 24.2 Å². The number of carbonyl (C=O) groups is 2. The molecule has 0 atom stereocenters. The number of carboxylic acid groups (broad SMARTS) is 1. The van der Waals surface area contributed by atoms with Crippen LogP contribution in [0.2, 0.25) is 0 Å². The third-order valence-electron chi connectivity index (χ3n) is 6.89. The van der Waals surface area contributed by atoms with Crippen molar-refractivity contribution in [3.05, 3.63) is 36.7 Å². The fraction of sp³-hybridized carbons (Fsp3) is 0.393. The van der Waals surface area contributed by atoms with Crippen LogP contribution in [0.5, 0.6) is 11.5 Å². The number of piperazine rings is 1. The summed E-state index contributed by atoms with van der Waals surface area (Å²) in [6, 6.07) is 8.89. The smallest absolute Gasteiger partial charge is 0.321 e. The molecule has 5 rings (SSSR count). The first kappa shape index (κ1) is 29.2. The van der Waals surface area contributed by atoms with Crippen molar-refractivity contribution >= 4 is 61.1 Å². The summed E-state index contributed by atoms with van der Waals surface area (Å²) in [5, 5.41) is 18.4. The minimum absolute atomic E-state index is 0.0301. The number of benzene rings is 2. The standard InChI is InChI=1S/C28H34N8O5S/c1-35-9-11-36(12-10-35)8-3-13-41-23-16-21-19(15-22(23)40-2)26(31-17-30-21)32-18-4-5-20-24(14-18)42-28(33-20)34-27(39)29-7-6-25(37)38/h4-5,14-17H,3,6-13H2,1-2H3,(H,37,38)(H,30,31,32)(H2,29,33,34,39). The van der Waals surface area contributed by atoms with Crippen LogP contribution in [-0.2, 0) is 4.79 Å². The van der Waals surface area contributed by atoms with Gasteiger partial charge >= 0.3 is 12.0 Å². The summed E-state index contributed by atoms with van der Waals surface area (Å²) in [5.41, 5.74) is 2.23. The van der Waals surface area contributed by atoms with Crippen LogP contribution in [0, 0.1) is 0 Å². The molecule has 0 spiro atoms. The van der Waals surface area contributed by atoms with Crippen LogP contribution in [0.25, 0.3) is 21.1 Å². The summed E-state index contributed by atoms with van der Waals surface area (Å²) in [4.78, 5) is 40.8. The molecule has 0 bridgehead atoms. The molecule has 13 nitrogen and oxygen atoms in total. The summed E-state index contributed by atoms with van der Waals surface area (Å²) in [6.45, 7) is 5.99. The van der Waals surface area contributed by atoms with E-state index in [1.165, 1.54) is 17.7 Å². The van der Waals surface area contributed by atoms with Crippen LogP contribution in [0.15, 0.2) is 36.7 Å². The number of nitrogens with zero attached hydrogens (tertiary/aromatic N) is 5. The normalized spacial score (nSPS) is 14.1. The van der Waals surface area contributed by atoms with Gasteiger partial charge in [0.1, 0.15) is 12.1 Å². The van der Waals surface area contributed by atoms with Crippen molar-refractivity contribution in [1.29, 1.82) is 0 Å². The van der Waals surface area contributed by atoms with Crippen LogP contribution in [0.3, 0.4) is 0 Å². The Bertz CT molecular complexity index is 1560. The van der Waals surface area contributed by atoms with E-state index in [2.05, 4.69) is 47.7 Å². The van der Waals surface area contributed by atoms with Gasteiger partial charge in [0.2, 0.25) is 0 Å². The molecule has 4 N–H and O–H groups in total. The molecule has 3 heterocycles. The molecule has 2 aromatic carbocycles. The van der Waals surface area contributed by atoms with Crippen molar-refractivity contribution in [2.45, 2.75) is 12.8 Å². The average molecular weight is 595 g/mol. The van der Waals surface area contributed by atoms with E-state index in [0.717, 1.165) is 66.0 Å². The maximum atomic E-state index is 12.0. The molecule has 2 aromatic heterocycles. The van der Waals surface area contributed by atoms with E-state index in [1.807, 2.05) is 30.3 Å². The number of carboxylic acids is 1. The lowest BCUT2D eigenvalue weighted by Crippen LogP contribution is -2.44. The number of hydrogen-bond donors (Lipinski definition) is 4. The van der Waals surface area contributed by atoms with Crippen LogP contribution >= 0.6 is 11.3 Å². The first-order valence-electron chi connectivity index (χ1n) is 13.7. The Labute approximate surface area is 246 Å². The van der Waals surface area contributed by atoms with Gasteiger partial charge in [-0.3, -0.25) is 10.1 Å². The number of ether oxygens (including phenoxy) is 2. The maximum absolute atomic E-state index is 12.0. The molecule has 4 aromatic rings. The number of hydrogen-bond acceptors (Lipinski definition) is 11. The van der Waals surface area contributed by atoms with Crippen molar-refractivity contribution in [2.75, 3.05) is 70.7 Å². The molecule has 14 heteroatoms. The minimum Gasteiger partial charge on any atom is -0.493 e. The molecule has 222 valence electrons. The molecule has 0 saturated carbocycles. The number of carbonyl (C=O) groups excluding carboxylic acids is 1. The molecular formula is C28H34N8O5S. The van der Waals surface area contributed by atoms with Crippen molar-refractivity contribution in [1.82, 2.24) is 30.1 Å². The summed E-state index contributed by atoms with van der Waals surface area (Å²) < 4.78 is 12.6. The number of aliphatic carboxylic acids is 1. The lowest BCUT2D eigenvalue weighted by molar-refractivity contribution is -0.136. The summed E-state index contributed by atoms with van der Waals surface area (Å²) in [5.74, 6) is 0.882. The quantitative estimate of drug-likeness (QED) is 0.178. The van der Waals surface area contributed by atoms with Crippen LogP contribution < -0.4 is 25.4 Å². The van der Waals surface area contributed by atoms with Crippen LogP contribution in [0.1, 0.15) is 12.8 Å². The Morgan fingerprint density at radius 1 is 1.07 bits per heavy atom. The maximum Gasteiger partial charge on any atom is 0.321 e. The van der Waals surface area contributed by atoms with Crippen molar-refractivity contribution in [2.24, 2.45) is 0 Å². The predicted molar refractivity (Wildman–Crippen MR) is 162 cm³/mol. The molecule has 0 radical (unpaired) electrons. The topological polar surface area (TPSA) is 154 Å². The van der Waals surface area contributed by atoms with Gasteiger partial charge < -0.3 is 35.0 Å². The Hall–Kier alpha value is -4.27. The molecular weight excluding hydrogens is 560 g/mol. The molecule has 0 aliphatic carbocycles. The summed E-state index contributed by atoms with van der Waals surface area (Å²) in [6.07, 6.45) is 2.27. The van der Waals surface area contributed by atoms with Gasteiger partial charge in [-0.1, -0.05) is 11.3 Å². The predicted octanol–water partition coefficient (Wildman–Crippen LogP) is 3.60. The molecule has 42 heavy (non-hydrogen) atoms. The van der Waals surface area contributed by atoms with E-state index in [9.17, 15) is 9.59 Å². The largest absolute Gasteiger partial charge is 0.493 e. The van der Waals surface area contributed by atoms with E-state index >= 15 is 0 Å². The number of thiazole rings is 1. The highest BCUT2D eigenvalue weighted by Gasteiger charge is 2.15. The summed E-state index contributed by atoms with van der Waals surface area (Å²) >= 11 is 1.31. The molecule has 1 fully saturated rings. The Morgan fingerprint density at radius 2 is 1.90 bits per heavy atom. The van der Waals surface area contributed by atoms with Gasteiger partial charge in [-0.25, -0.2) is 19.7 Å². The van der Waals surface area contributed by atoms with Gasteiger partial charge in [0.25, 0.3) is 0 Å². The zero-order valence-electron chi connectivity index (χ0n) is 23.6. The van der Waals surface area contributed by atoms with Gasteiger partial charge in [-0.15, -0.1) is 0 Å². The number of amides is 2. The van der Waals surface area contributed by atoms with Crippen molar-refractivity contribution in [3.63, 3.8) is 0 Å². The second-order valence-corrected chi connectivity index (χ2v) is 11.0. The SMILES string of the molecule is COc1cc2c(Nc3ccc4nc(NC(=O)NCCC(=O)O)sc4c3)ncnc2cc1OCCCN1CCN(C)CC1. The lowest BCUT2D eigenvalue weighted by atomic mass is 10.2. The molecule has 1 aliphatic rings. The monoisotopic (exact) mass is 594 g/mol. The van der Waals surface area contributed by atoms with Crippen molar-refractivity contribution in [3.8, 4) is 11.5 Å². The van der Waals surface area contributed by atoms with E-state index in [4.69, 9.17) is 14.6 Å². The third-order valence-corrected chi connectivity index (χ3v) is 7.82. The van der Waals surface area contributed by atoms with Gasteiger partial charge in [-0.05, 0) is 37.7 Å². The number of aromatic nitrogens is 3. The number of nitrogens with one attached hydrogen (secondary N) is 3. The minimum atomic E-state index is -0.980. The summed E-state index contributed by atoms with van der Waals surface area (Å²) in [7, 11) is 3.77. The Balaban J connectivity index is 1.24. The van der Waals surface area contributed by atoms with Gasteiger partial charge in [0.05, 0.1) is 35.9 Å². The number of likely N-dealkylation sites (N-methyl/N-ethyl adjacent to an activating group) is 1. The highest BCUT2D eigenvalue weighted by molar-refractivity contribution is 7.22. The first-order chi connectivity index (χ1) is 20.4. The van der Waals surface area contributed by atoms with E-state index in [1.54, 1.807) is 7.11 Å². The molecule has 1 saturated heterocycles. The van der Waals surface area contributed by atoms with Gasteiger partial charge in [-0.2, -0.15) is 0 Å². The number of urea groups is 1. The van der Waals surface area contributed by atoms with Crippen LogP contribution in [0.4, 0.5) is 21.4 Å². The lowest BCUT2D eigenvalue weighted by Gasteiger charge is -2.32.